The number of pyridine rings is 1. The van der Waals surface area contributed by atoms with Crippen molar-refractivity contribution in [3.05, 3.63) is 22.9 Å². The van der Waals surface area contributed by atoms with Crippen LogP contribution in [0.4, 0.5) is 5.82 Å². The summed E-state index contributed by atoms with van der Waals surface area (Å²) >= 11 is 0. The maximum absolute atomic E-state index is 9.05. The number of amidine groups is 1. The molecule has 3 N–H and O–H groups in total. The Morgan fingerprint density at radius 3 is 2.52 bits per heavy atom. The quantitative estimate of drug-likeness (QED) is 0.360. The molecule has 6 heteroatoms. The lowest BCUT2D eigenvalue weighted by Gasteiger charge is -2.33. The van der Waals surface area contributed by atoms with Crippen molar-refractivity contribution in [2.45, 2.75) is 33.7 Å². The van der Waals surface area contributed by atoms with Gasteiger partial charge in [0.1, 0.15) is 5.82 Å². The second-order valence-corrected chi connectivity index (χ2v) is 5.66. The van der Waals surface area contributed by atoms with E-state index >= 15 is 0 Å². The Labute approximate surface area is 127 Å². The van der Waals surface area contributed by atoms with Crippen molar-refractivity contribution in [1.82, 2.24) is 9.88 Å². The number of aromatic nitrogens is 1. The SMILES string of the molecule is CCN(c1nc(C)cc(C)c1/C(N)=N/O)C(C)CN(C)C. The van der Waals surface area contributed by atoms with E-state index in [4.69, 9.17) is 10.9 Å². The van der Waals surface area contributed by atoms with Crippen molar-refractivity contribution in [1.29, 1.82) is 0 Å². The van der Waals surface area contributed by atoms with E-state index in [1.165, 1.54) is 0 Å². The first-order valence-electron chi connectivity index (χ1n) is 7.19. The van der Waals surface area contributed by atoms with Crippen LogP contribution in [0.15, 0.2) is 11.2 Å². The van der Waals surface area contributed by atoms with E-state index in [-0.39, 0.29) is 11.9 Å². The van der Waals surface area contributed by atoms with E-state index in [9.17, 15) is 0 Å². The maximum atomic E-state index is 9.05. The summed E-state index contributed by atoms with van der Waals surface area (Å²) in [4.78, 5) is 8.96. The second kappa shape index (κ2) is 7.26. The molecule has 0 aliphatic rings. The predicted molar refractivity (Wildman–Crippen MR) is 87.3 cm³/mol. The van der Waals surface area contributed by atoms with Crippen LogP contribution in [0.2, 0.25) is 0 Å². The molecule has 0 saturated carbocycles. The highest BCUT2D eigenvalue weighted by atomic mass is 16.4. The molecule has 0 aliphatic carbocycles. The van der Waals surface area contributed by atoms with Crippen LogP contribution in [0.3, 0.4) is 0 Å². The summed E-state index contributed by atoms with van der Waals surface area (Å²) in [5.41, 5.74) is 8.45. The Bertz CT molecular complexity index is 513. The molecule has 1 rings (SSSR count). The van der Waals surface area contributed by atoms with Crippen LogP contribution in [0.5, 0.6) is 0 Å². The van der Waals surface area contributed by atoms with E-state index in [1.807, 2.05) is 34.0 Å². The fourth-order valence-corrected chi connectivity index (χ4v) is 2.69. The maximum Gasteiger partial charge on any atom is 0.174 e. The summed E-state index contributed by atoms with van der Waals surface area (Å²) in [6.07, 6.45) is 0. The third-order valence-electron chi connectivity index (χ3n) is 3.46. The molecule has 118 valence electrons. The first-order valence-corrected chi connectivity index (χ1v) is 7.19. The van der Waals surface area contributed by atoms with Gasteiger partial charge in [-0.05, 0) is 53.4 Å². The lowest BCUT2D eigenvalue weighted by molar-refractivity contribution is 0.318. The third-order valence-corrected chi connectivity index (χ3v) is 3.46. The number of hydrogen-bond donors (Lipinski definition) is 2. The Balaban J connectivity index is 3.37. The zero-order valence-electron chi connectivity index (χ0n) is 13.9. The highest BCUT2D eigenvalue weighted by Crippen LogP contribution is 2.24. The average Bonchev–Trinajstić information content (AvgIpc) is 2.37. The molecule has 1 aromatic heterocycles. The van der Waals surface area contributed by atoms with E-state index in [1.54, 1.807) is 0 Å². The van der Waals surface area contributed by atoms with Gasteiger partial charge >= 0.3 is 0 Å². The fraction of sp³-hybridized carbons (Fsp3) is 0.600. The number of rotatable bonds is 6. The van der Waals surface area contributed by atoms with Gasteiger partial charge in [-0.1, -0.05) is 5.16 Å². The largest absolute Gasteiger partial charge is 0.409 e. The van der Waals surface area contributed by atoms with Gasteiger partial charge < -0.3 is 20.7 Å². The van der Waals surface area contributed by atoms with Crippen molar-refractivity contribution < 1.29 is 5.21 Å². The first-order chi connectivity index (χ1) is 9.81. The molecule has 0 fully saturated rings. The minimum atomic E-state index is 0.102. The van der Waals surface area contributed by atoms with Gasteiger partial charge in [-0.15, -0.1) is 0 Å². The second-order valence-electron chi connectivity index (χ2n) is 5.66. The number of nitrogens with two attached hydrogens (primary N) is 1. The Morgan fingerprint density at radius 1 is 1.43 bits per heavy atom. The van der Waals surface area contributed by atoms with Crippen molar-refractivity contribution in [3.8, 4) is 0 Å². The summed E-state index contributed by atoms with van der Waals surface area (Å²) in [6, 6.07) is 2.21. The summed E-state index contributed by atoms with van der Waals surface area (Å²) in [7, 11) is 4.09. The molecular formula is C15H27N5O. The van der Waals surface area contributed by atoms with Crippen LogP contribution in [-0.4, -0.2) is 54.2 Å². The summed E-state index contributed by atoms with van der Waals surface area (Å²) in [6.45, 7) is 9.85. The Kier molecular flexibility index (Phi) is 5.96. The van der Waals surface area contributed by atoms with Crippen LogP contribution in [0, 0.1) is 13.8 Å². The standard InChI is InChI=1S/C15H27N5O/c1-7-20(12(4)9-19(5)6)15-13(14(16)18-21)10(2)8-11(3)17-15/h8,12,21H,7,9H2,1-6H3,(H2,16,18). The van der Waals surface area contributed by atoms with Crippen LogP contribution in [0.25, 0.3) is 0 Å². The monoisotopic (exact) mass is 293 g/mol. The molecule has 0 aliphatic heterocycles. The number of nitrogens with zero attached hydrogens (tertiary/aromatic N) is 4. The van der Waals surface area contributed by atoms with Crippen LogP contribution in [0.1, 0.15) is 30.7 Å². The topological polar surface area (TPSA) is 78.0 Å². The van der Waals surface area contributed by atoms with Gasteiger partial charge in [-0.2, -0.15) is 0 Å². The van der Waals surface area contributed by atoms with Gasteiger partial charge in [-0.25, -0.2) is 4.98 Å². The van der Waals surface area contributed by atoms with E-state index in [2.05, 4.69) is 33.8 Å². The van der Waals surface area contributed by atoms with Crippen molar-refractivity contribution in [3.63, 3.8) is 0 Å². The molecule has 0 radical (unpaired) electrons. The van der Waals surface area contributed by atoms with Crippen molar-refractivity contribution in [2.24, 2.45) is 10.9 Å². The lowest BCUT2D eigenvalue weighted by Crippen LogP contribution is -2.41. The summed E-state index contributed by atoms with van der Waals surface area (Å²) in [5.74, 6) is 0.880. The minimum Gasteiger partial charge on any atom is -0.409 e. The molecule has 0 saturated heterocycles. The molecule has 1 aromatic rings. The van der Waals surface area contributed by atoms with Crippen LogP contribution < -0.4 is 10.6 Å². The Morgan fingerprint density at radius 2 is 2.05 bits per heavy atom. The zero-order valence-corrected chi connectivity index (χ0v) is 13.9. The highest BCUT2D eigenvalue weighted by Gasteiger charge is 2.22. The van der Waals surface area contributed by atoms with Crippen LogP contribution >= 0.6 is 0 Å². The lowest BCUT2D eigenvalue weighted by atomic mass is 10.1. The number of likely N-dealkylation sites (N-methyl/N-ethyl adjacent to an activating group) is 2. The minimum absolute atomic E-state index is 0.102. The van der Waals surface area contributed by atoms with Gasteiger partial charge in [0, 0.05) is 24.8 Å². The molecule has 0 aromatic carbocycles. The van der Waals surface area contributed by atoms with Crippen LogP contribution in [-0.2, 0) is 0 Å². The van der Waals surface area contributed by atoms with Gasteiger partial charge in [-0.3, -0.25) is 0 Å². The van der Waals surface area contributed by atoms with Crippen molar-refractivity contribution >= 4 is 11.7 Å². The molecule has 6 nitrogen and oxygen atoms in total. The molecule has 0 amide bonds. The normalized spacial score (nSPS) is 13.6. The number of oxime groups is 1. The predicted octanol–water partition coefficient (Wildman–Crippen LogP) is 1.57. The van der Waals surface area contributed by atoms with Gasteiger partial charge in [0.2, 0.25) is 0 Å². The molecular weight excluding hydrogens is 266 g/mol. The van der Waals surface area contributed by atoms with Crippen molar-refractivity contribution in [2.75, 3.05) is 32.1 Å². The summed E-state index contributed by atoms with van der Waals surface area (Å²) < 4.78 is 0. The third kappa shape index (κ3) is 4.07. The van der Waals surface area contributed by atoms with E-state index in [0.29, 0.717) is 5.56 Å². The highest BCUT2D eigenvalue weighted by molar-refractivity contribution is 6.02. The van der Waals surface area contributed by atoms with Gasteiger partial charge in [0.15, 0.2) is 5.84 Å². The number of hydrogen-bond acceptors (Lipinski definition) is 5. The zero-order chi connectivity index (χ0) is 16.2. The van der Waals surface area contributed by atoms with E-state index < -0.39 is 0 Å². The first kappa shape index (κ1) is 17.2. The molecule has 0 bridgehead atoms. The summed E-state index contributed by atoms with van der Waals surface area (Å²) in [5, 5.41) is 12.2. The van der Waals surface area contributed by atoms with Gasteiger partial charge in [0.05, 0.1) is 5.56 Å². The number of anilines is 1. The average molecular weight is 293 g/mol. The molecule has 21 heavy (non-hydrogen) atoms. The van der Waals surface area contributed by atoms with E-state index in [0.717, 1.165) is 30.2 Å². The fourth-order valence-electron chi connectivity index (χ4n) is 2.69. The molecule has 1 atom stereocenters. The Hall–Kier alpha value is -1.82. The molecule has 0 spiro atoms. The smallest absolute Gasteiger partial charge is 0.174 e. The number of aryl methyl sites for hydroxylation is 2. The molecule has 1 heterocycles. The van der Waals surface area contributed by atoms with Gasteiger partial charge in [0.25, 0.3) is 0 Å². The molecule has 1 unspecified atom stereocenters.